The monoisotopic (exact) mass is 444 g/mol. The van der Waals surface area contributed by atoms with Crippen LogP contribution in [-0.2, 0) is 5.75 Å². The Morgan fingerprint density at radius 1 is 1.06 bits per heavy atom. The van der Waals surface area contributed by atoms with Gasteiger partial charge in [0, 0.05) is 18.0 Å². The Labute approximate surface area is 182 Å². The molecule has 10 heteroatoms. The van der Waals surface area contributed by atoms with Gasteiger partial charge in [-0.1, -0.05) is 11.8 Å². The number of hydrogen-bond donors (Lipinski definition) is 0. The molecule has 0 saturated heterocycles. The average Bonchev–Trinajstić information content (AvgIpc) is 2.78. The molecule has 31 heavy (non-hydrogen) atoms. The van der Waals surface area contributed by atoms with Crippen molar-refractivity contribution < 1.29 is 28.2 Å². The van der Waals surface area contributed by atoms with Gasteiger partial charge >= 0.3 is 5.97 Å². The maximum atomic E-state index is 12.6. The van der Waals surface area contributed by atoms with Crippen LogP contribution in [0.5, 0.6) is 23.0 Å². The molecule has 3 aromatic rings. The normalized spacial score (nSPS) is 10.5. The second kappa shape index (κ2) is 9.98. The number of ether oxygens (including phenoxy) is 4. The first kappa shape index (κ1) is 22.2. The molecule has 2 heterocycles. The second-order valence-corrected chi connectivity index (χ2v) is 7.09. The van der Waals surface area contributed by atoms with Crippen LogP contribution >= 0.6 is 11.8 Å². The molecule has 9 nitrogen and oxygen atoms in total. The Bertz CT molecular complexity index is 1120. The SMILES string of the molecule is COc1cc(C(=O)Oc2coc(CSc3nccc(C)n3)cc2=O)cc(OC)c1OC. The molecule has 0 atom stereocenters. The summed E-state index contributed by atoms with van der Waals surface area (Å²) in [6.07, 6.45) is 2.76. The highest BCUT2D eigenvalue weighted by molar-refractivity contribution is 7.98. The molecule has 0 unspecified atom stereocenters. The topological polar surface area (TPSA) is 110 Å². The lowest BCUT2D eigenvalue weighted by atomic mass is 10.2. The average molecular weight is 444 g/mol. The van der Waals surface area contributed by atoms with E-state index in [2.05, 4.69) is 9.97 Å². The standard InChI is InChI=1S/C21H20N2O7S/c1-12-5-6-22-21(23-12)31-11-14-9-15(24)18(10-29-14)30-20(25)13-7-16(26-2)19(28-4)17(8-13)27-3/h5-10H,11H2,1-4H3. The summed E-state index contributed by atoms with van der Waals surface area (Å²) in [6.45, 7) is 1.86. The van der Waals surface area contributed by atoms with Gasteiger partial charge in [0.1, 0.15) is 12.0 Å². The predicted octanol–water partition coefficient (Wildman–Crippen LogP) is 3.28. The molecule has 0 fully saturated rings. The summed E-state index contributed by atoms with van der Waals surface area (Å²) in [7, 11) is 4.31. The fourth-order valence-corrected chi connectivity index (χ4v) is 3.34. The number of carbonyl (C=O) groups excluding carboxylic acids is 1. The number of benzene rings is 1. The van der Waals surface area contributed by atoms with Gasteiger partial charge in [-0.3, -0.25) is 4.79 Å². The van der Waals surface area contributed by atoms with Crippen molar-refractivity contribution in [2.75, 3.05) is 21.3 Å². The Morgan fingerprint density at radius 3 is 2.35 bits per heavy atom. The summed E-state index contributed by atoms with van der Waals surface area (Å²) in [5, 5.41) is 0.570. The van der Waals surface area contributed by atoms with Gasteiger partial charge in [0.2, 0.25) is 16.9 Å². The maximum Gasteiger partial charge on any atom is 0.344 e. The summed E-state index contributed by atoms with van der Waals surface area (Å²) in [5.74, 6) is 0.632. The fraction of sp³-hybridized carbons (Fsp3) is 0.238. The van der Waals surface area contributed by atoms with Gasteiger partial charge in [-0.2, -0.15) is 0 Å². The van der Waals surface area contributed by atoms with Crippen molar-refractivity contribution in [1.29, 1.82) is 0 Å². The highest BCUT2D eigenvalue weighted by Crippen LogP contribution is 2.38. The maximum absolute atomic E-state index is 12.6. The van der Waals surface area contributed by atoms with E-state index < -0.39 is 11.4 Å². The van der Waals surface area contributed by atoms with Crippen molar-refractivity contribution in [3.05, 3.63) is 64.0 Å². The first-order valence-corrected chi connectivity index (χ1v) is 10.00. The van der Waals surface area contributed by atoms with Crippen LogP contribution in [0.25, 0.3) is 0 Å². The third-order valence-corrected chi connectivity index (χ3v) is 4.96. The number of thioether (sulfide) groups is 1. The molecule has 0 bridgehead atoms. The quantitative estimate of drug-likeness (QED) is 0.292. The molecular formula is C21H20N2O7S. The number of esters is 1. The minimum absolute atomic E-state index is 0.116. The molecular weight excluding hydrogens is 424 g/mol. The molecule has 0 amide bonds. The van der Waals surface area contributed by atoms with Gasteiger partial charge in [-0.25, -0.2) is 14.8 Å². The first-order chi connectivity index (χ1) is 14.9. The van der Waals surface area contributed by atoms with Crippen LogP contribution in [-0.4, -0.2) is 37.3 Å². The van der Waals surface area contributed by atoms with Crippen LogP contribution in [0.15, 0.2) is 51.1 Å². The smallest absolute Gasteiger partial charge is 0.344 e. The predicted molar refractivity (Wildman–Crippen MR) is 112 cm³/mol. The number of methoxy groups -OCH3 is 3. The highest BCUT2D eigenvalue weighted by atomic mass is 32.2. The third-order valence-electron chi connectivity index (χ3n) is 4.07. The minimum atomic E-state index is -0.776. The minimum Gasteiger partial charge on any atom is -0.493 e. The molecule has 0 N–H and O–H groups in total. The third kappa shape index (κ3) is 5.34. The number of carbonyl (C=O) groups is 1. The van der Waals surface area contributed by atoms with E-state index in [0.717, 1.165) is 12.0 Å². The number of rotatable bonds is 8. The molecule has 0 radical (unpaired) electrons. The van der Waals surface area contributed by atoms with Crippen molar-refractivity contribution in [3.63, 3.8) is 0 Å². The van der Waals surface area contributed by atoms with Crippen LogP contribution in [0.3, 0.4) is 0 Å². The van der Waals surface area contributed by atoms with Crippen LogP contribution in [0.4, 0.5) is 0 Å². The van der Waals surface area contributed by atoms with Gasteiger partial charge < -0.3 is 23.4 Å². The molecule has 0 saturated carbocycles. The number of aryl methyl sites for hydroxylation is 1. The van der Waals surface area contributed by atoms with E-state index in [-0.39, 0.29) is 22.8 Å². The lowest BCUT2D eigenvalue weighted by Gasteiger charge is -2.13. The van der Waals surface area contributed by atoms with Gasteiger partial charge in [0.15, 0.2) is 16.7 Å². The van der Waals surface area contributed by atoms with Crippen LogP contribution in [0.1, 0.15) is 21.8 Å². The molecule has 0 aliphatic carbocycles. The van der Waals surface area contributed by atoms with Gasteiger partial charge in [-0.15, -0.1) is 0 Å². The van der Waals surface area contributed by atoms with E-state index in [1.165, 1.54) is 51.3 Å². The lowest BCUT2D eigenvalue weighted by Crippen LogP contribution is -2.15. The summed E-state index contributed by atoms with van der Waals surface area (Å²) < 4.78 is 26.3. The summed E-state index contributed by atoms with van der Waals surface area (Å²) >= 11 is 1.32. The molecule has 2 aromatic heterocycles. The molecule has 1 aromatic carbocycles. The van der Waals surface area contributed by atoms with E-state index in [9.17, 15) is 9.59 Å². The number of nitrogens with zero attached hydrogens (tertiary/aromatic N) is 2. The summed E-state index contributed by atoms with van der Waals surface area (Å²) in [6, 6.07) is 5.91. The zero-order valence-electron chi connectivity index (χ0n) is 17.3. The van der Waals surface area contributed by atoms with E-state index >= 15 is 0 Å². The highest BCUT2D eigenvalue weighted by Gasteiger charge is 2.19. The van der Waals surface area contributed by atoms with Crippen molar-refractivity contribution >= 4 is 17.7 Å². The van der Waals surface area contributed by atoms with Gasteiger partial charge in [-0.05, 0) is 25.1 Å². The van der Waals surface area contributed by atoms with Crippen LogP contribution in [0, 0.1) is 6.92 Å². The van der Waals surface area contributed by atoms with Crippen LogP contribution < -0.4 is 24.4 Å². The molecule has 0 aliphatic heterocycles. The van der Waals surface area contributed by atoms with E-state index in [4.69, 9.17) is 23.4 Å². The van der Waals surface area contributed by atoms with Crippen molar-refractivity contribution in [2.45, 2.75) is 17.8 Å². The Balaban J connectivity index is 1.74. The zero-order chi connectivity index (χ0) is 22.4. The van der Waals surface area contributed by atoms with Crippen molar-refractivity contribution in [1.82, 2.24) is 9.97 Å². The van der Waals surface area contributed by atoms with Crippen molar-refractivity contribution in [3.8, 4) is 23.0 Å². The number of aromatic nitrogens is 2. The molecule has 0 aliphatic rings. The Morgan fingerprint density at radius 2 is 1.77 bits per heavy atom. The Hall–Kier alpha value is -3.53. The van der Waals surface area contributed by atoms with E-state index in [0.29, 0.717) is 22.4 Å². The second-order valence-electron chi connectivity index (χ2n) is 6.15. The summed E-state index contributed by atoms with van der Waals surface area (Å²) in [5.41, 5.74) is 0.464. The molecule has 162 valence electrons. The molecule has 0 spiro atoms. The first-order valence-electron chi connectivity index (χ1n) is 9.01. The van der Waals surface area contributed by atoms with E-state index in [1.807, 2.05) is 6.92 Å². The Kier molecular flexibility index (Phi) is 7.14. The summed E-state index contributed by atoms with van der Waals surface area (Å²) in [4.78, 5) is 33.3. The lowest BCUT2D eigenvalue weighted by molar-refractivity contribution is 0.0728. The fourth-order valence-electron chi connectivity index (χ4n) is 2.58. The zero-order valence-corrected chi connectivity index (χ0v) is 18.1. The van der Waals surface area contributed by atoms with Gasteiger partial charge in [0.25, 0.3) is 0 Å². The van der Waals surface area contributed by atoms with Crippen LogP contribution in [0.2, 0.25) is 0 Å². The largest absolute Gasteiger partial charge is 0.493 e. The van der Waals surface area contributed by atoms with Gasteiger partial charge in [0.05, 0.1) is 32.6 Å². The van der Waals surface area contributed by atoms with E-state index in [1.54, 1.807) is 12.3 Å². The number of hydrogen-bond acceptors (Lipinski definition) is 10. The van der Waals surface area contributed by atoms with Crippen molar-refractivity contribution in [2.24, 2.45) is 0 Å². The molecule has 3 rings (SSSR count).